The van der Waals surface area contributed by atoms with Gasteiger partial charge >= 0.3 is 0 Å². The number of halogens is 1. The van der Waals surface area contributed by atoms with Gasteiger partial charge in [0.15, 0.2) is 6.23 Å². The van der Waals surface area contributed by atoms with Crippen molar-refractivity contribution in [1.82, 2.24) is 21.0 Å². The number of aryl methyl sites for hydroxylation is 1. The van der Waals surface area contributed by atoms with Crippen molar-refractivity contribution < 1.29 is 19.5 Å². The zero-order chi connectivity index (χ0) is 20.4. The average molecular weight is 396 g/mol. The van der Waals surface area contributed by atoms with Gasteiger partial charge in [-0.05, 0) is 66.3 Å². The summed E-state index contributed by atoms with van der Waals surface area (Å²) in [6.07, 6.45) is 1.39. The number of aromatic amines is 1. The van der Waals surface area contributed by atoms with E-state index >= 15 is 0 Å². The Hall–Kier alpha value is -3.07. The van der Waals surface area contributed by atoms with E-state index in [1.54, 1.807) is 24.3 Å². The monoisotopic (exact) mass is 396 g/mol. The van der Waals surface area contributed by atoms with Crippen LogP contribution in [0.3, 0.4) is 0 Å². The van der Waals surface area contributed by atoms with Crippen molar-refractivity contribution in [2.24, 2.45) is 0 Å². The van der Waals surface area contributed by atoms with Crippen molar-refractivity contribution >= 4 is 5.91 Å². The highest BCUT2D eigenvalue weighted by molar-refractivity contribution is 5.93. The number of aliphatic hydroxyl groups excluding tert-OH is 1. The molecule has 0 radical (unpaired) electrons. The number of hydroxylamine groups is 1. The fourth-order valence-corrected chi connectivity index (χ4v) is 3.67. The second-order valence-corrected chi connectivity index (χ2v) is 7.08. The zero-order valence-corrected chi connectivity index (χ0v) is 15.5. The van der Waals surface area contributed by atoms with Crippen LogP contribution < -0.4 is 10.8 Å². The average Bonchev–Trinajstić information content (AvgIpc) is 3.24. The smallest absolute Gasteiger partial charge is 0.269 e. The van der Waals surface area contributed by atoms with Gasteiger partial charge in [-0.3, -0.25) is 9.89 Å². The first-order chi connectivity index (χ1) is 14.0. The molecule has 0 aliphatic heterocycles. The number of aromatic nitrogens is 2. The Morgan fingerprint density at radius 1 is 1.21 bits per heavy atom. The van der Waals surface area contributed by atoms with Gasteiger partial charge in [-0.25, -0.2) is 4.39 Å². The molecule has 3 aromatic rings. The molecule has 5 N–H and O–H groups in total. The minimum atomic E-state index is -1.15. The quantitative estimate of drug-likeness (QED) is 0.336. The van der Waals surface area contributed by atoms with E-state index in [1.807, 2.05) is 17.6 Å². The van der Waals surface area contributed by atoms with Gasteiger partial charge in [0.2, 0.25) is 0 Å². The van der Waals surface area contributed by atoms with Crippen molar-refractivity contribution in [3.8, 4) is 11.3 Å². The van der Waals surface area contributed by atoms with Gasteiger partial charge in [0, 0.05) is 5.56 Å². The van der Waals surface area contributed by atoms with E-state index in [0.717, 1.165) is 30.4 Å². The van der Waals surface area contributed by atoms with Crippen LogP contribution in [0, 0.1) is 5.82 Å². The Balaban J connectivity index is 1.50. The molecule has 2 unspecified atom stereocenters. The number of carbonyl (C=O) groups is 1. The lowest BCUT2D eigenvalue weighted by Gasteiger charge is -2.27. The van der Waals surface area contributed by atoms with E-state index in [0.29, 0.717) is 22.5 Å². The highest BCUT2D eigenvalue weighted by Crippen LogP contribution is 2.31. The number of carbonyl (C=O) groups excluding carboxylic acids is 1. The summed E-state index contributed by atoms with van der Waals surface area (Å²) >= 11 is 0. The molecule has 4 rings (SSSR count). The topological polar surface area (TPSA) is 110 Å². The van der Waals surface area contributed by atoms with E-state index in [4.69, 9.17) is 5.21 Å². The number of rotatable bonds is 5. The summed E-state index contributed by atoms with van der Waals surface area (Å²) in [5.41, 5.74) is 6.03. The number of benzene rings is 2. The number of H-pyrrole nitrogens is 1. The molecule has 2 aromatic carbocycles. The summed E-state index contributed by atoms with van der Waals surface area (Å²) in [5, 5.41) is 28.6. The Morgan fingerprint density at radius 2 is 2.00 bits per heavy atom. The predicted molar refractivity (Wildman–Crippen MR) is 103 cm³/mol. The van der Waals surface area contributed by atoms with E-state index < -0.39 is 6.23 Å². The van der Waals surface area contributed by atoms with Gasteiger partial charge < -0.3 is 15.6 Å². The molecule has 1 aromatic heterocycles. The molecule has 1 aliphatic carbocycles. The summed E-state index contributed by atoms with van der Waals surface area (Å²) in [6.45, 7) is 0. The maximum atomic E-state index is 13.1. The standard InChI is InChI=1S/C21H21FN4O3/c22-15-7-4-12(5-8-15)18-11-19(25-24-18)21(28)23-17-3-1-2-13-10-14(20(27)26-29)6-9-16(13)17/h4-11,17,20,26-27,29H,1-3H2,(H,23,28)(H,24,25). The van der Waals surface area contributed by atoms with Crippen LogP contribution in [0.2, 0.25) is 0 Å². The number of nitrogens with one attached hydrogen (secondary N) is 3. The highest BCUT2D eigenvalue weighted by atomic mass is 19.1. The van der Waals surface area contributed by atoms with Gasteiger partial charge in [-0.15, -0.1) is 0 Å². The summed E-state index contributed by atoms with van der Waals surface area (Å²) in [4.78, 5) is 12.7. The predicted octanol–water partition coefficient (Wildman–Crippen LogP) is 2.99. The molecule has 150 valence electrons. The van der Waals surface area contributed by atoms with Gasteiger partial charge in [0.25, 0.3) is 5.91 Å². The molecule has 1 aliphatic rings. The van der Waals surface area contributed by atoms with Crippen LogP contribution in [0.1, 0.15) is 52.3 Å². The van der Waals surface area contributed by atoms with Crippen molar-refractivity contribution in [3.63, 3.8) is 0 Å². The number of hydrogen-bond donors (Lipinski definition) is 5. The third-order valence-electron chi connectivity index (χ3n) is 5.19. The minimum Gasteiger partial charge on any atom is -0.372 e. The minimum absolute atomic E-state index is 0.155. The third-order valence-corrected chi connectivity index (χ3v) is 5.19. The zero-order valence-electron chi connectivity index (χ0n) is 15.5. The summed E-state index contributed by atoms with van der Waals surface area (Å²) in [6, 6.07) is 12.8. The molecule has 0 spiro atoms. The molecule has 1 heterocycles. The number of nitrogens with zero attached hydrogens (tertiary/aromatic N) is 1. The van der Waals surface area contributed by atoms with Gasteiger partial charge in [0.1, 0.15) is 11.5 Å². The normalized spacial score (nSPS) is 16.9. The third kappa shape index (κ3) is 4.04. The van der Waals surface area contributed by atoms with Crippen LogP contribution in [0.15, 0.2) is 48.5 Å². The van der Waals surface area contributed by atoms with Crippen LogP contribution in [0.5, 0.6) is 0 Å². The first kappa shape index (κ1) is 19.3. The van der Waals surface area contributed by atoms with Crippen LogP contribution in [0.25, 0.3) is 11.3 Å². The maximum absolute atomic E-state index is 13.1. The molecule has 0 saturated heterocycles. The molecule has 0 bridgehead atoms. The Morgan fingerprint density at radius 3 is 2.76 bits per heavy atom. The summed E-state index contributed by atoms with van der Waals surface area (Å²) in [7, 11) is 0. The second-order valence-electron chi connectivity index (χ2n) is 7.08. The molecule has 2 atom stereocenters. The van der Waals surface area contributed by atoms with Crippen molar-refractivity contribution in [3.05, 3.63) is 76.7 Å². The Kier molecular flexibility index (Phi) is 5.39. The lowest BCUT2D eigenvalue weighted by atomic mass is 9.86. The van der Waals surface area contributed by atoms with E-state index in [-0.39, 0.29) is 17.8 Å². The van der Waals surface area contributed by atoms with Crippen LogP contribution in [-0.4, -0.2) is 26.4 Å². The molecule has 1 amide bonds. The van der Waals surface area contributed by atoms with E-state index in [1.165, 1.54) is 12.1 Å². The van der Waals surface area contributed by atoms with Gasteiger partial charge in [0.05, 0.1) is 11.7 Å². The fourth-order valence-electron chi connectivity index (χ4n) is 3.67. The SMILES string of the molecule is O=C(NC1CCCc2cc(C(O)NO)ccc21)c1cc(-c2ccc(F)cc2)n[nH]1. The molecule has 0 saturated carbocycles. The first-order valence-electron chi connectivity index (χ1n) is 9.38. The molecular formula is C21H21FN4O3. The fraction of sp³-hybridized carbons (Fsp3) is 0.238. The molecule has 29 heavy (non-hydrogen) atoms. The number of amides is 1. The van der Waals surface area contributed by atoms with Crippen LogP contribution in [-0.2, 0) is 6.42 Å². The summed E-state index contributed by atoms with van der Waals surface area (Å²) < 4.78 is 13.1. The van der Waals surface area contributed by atoms with E-state index in [9.17, 15) is 14.3 Å². The van der Waals surface area contributed by atoms with Crippen LogP contribution >= 0.6 is 0 Å². The Bertz CT molecular complexity index is 1020. The molecule has 8 heteroatoms. The lowest BCUT2D eigenvalue weighted by molar-refractivity contribution is 0.000634. The largest absolute Gasteiger partial charge is 0.372 e. The Labute approximate surface area is 166 Å². The van der Waals surface area contributed by atoms with Crippen molar-refractivity contribution in [2.75, 3.05) is 0 Å². The molecule has 0 fully saturated rings. The lowest BCUT2D eigenvalue weighted by Crippen LogP contribution is -2.31. The van der Waals surface area contributed by atoms with Gasteiger partial charge in [-0.1, -0.05) is 18.2 Å². The summed E-state index contributed by atoms with van der Waals surface area (Å²) in [5.74, 6) is -0.603. The van der Waals surface area contributed by atoms with Gasteiger partial charge in [-0.2, -0.15) is 10.6 Å². The maximum Gasteiger partial charge on any atom is 0.269 e. The van der Waals surface area contributed by atoms with Crippen LogP contribution in [0.4, 0.5) is 4.39 Å². The first-order valence-corrected chi connectivity index (χ1v) is 9.38. The molecular weight excluding hydrogens is 375 g/mol. The molecule has 7 nitrogen and oxygen atoms in total. The van der Waals surface area contributed by atoms with E-state index in [2.05, 4.69) is 15.5 Å². The number of aliphatic hydroxyl groups is 1. The number of fused-ring (bicyclic) bond motifs is 1. The highest BCUT2D eigenvalue weighted by Gasteiger charge is 2.24. The van der Waals surface area contributed by atoms with Crippen molar-refractivity contribution in [2.45, 2.75) is 31.5 Å². The second kappa shape index (κ2) is 8.12. The van der Waals surface area contributed by atoms with Crippen molar-refractivity contribution in [1.29, 1.82) is 0 Å². The number of hydrogen-bond acceptors (Lipinski definition) is 5.